The second-order valence-electron chi connectivity index (χ2n) is 6.08. The Morgan fingerprint density at radius 2 is 1.71 bits per heavy atom. The molecule has 4 nitrogen and oxygen atoms in total. The predicted molar refractivity (Wildman–Crippen MR) is 89.8 cm³/mol. The van der Waals surface area contributed by atoms with E-state index < -0.39 is 0 Å². The third-order valence-corrected chi connectivity index (χ3v) is 4.18. The molecular formula is C19H21FN2O2. The van der Waals surface area contributed by atoms with Crippen molar-refractivity contribution < 1.29 is 13.9 Å². The fourth-order valence-corrected chi connectivity index (χ4v) is 2.70. The lowest BCUT2D eigenvalue weighted by atomic mass is 9.87. The van der Waals surface area contributed by atoms with Crippen LogP contribution in [0.1, 0.15) is 24.0 Å². The van der Waals surface area contributed by atoms with Crippen LogP contribution < -0.4 is 10.6 Å². The van der Waals surface area contributed by atoms with E-state index in [-0.39, 0.29) is 24.6 Å². The maximum Gasteiger partial charge on any atom is 0.407 e. The molecule has 0 atom stereocenters. The average Bonchev–Trinajstić information content (AvgIpc) is 2.57. The summed E-state index contributed by atoms with van der Waals surface area (Å²) in [7, 11) is 0. The van der Waals surface area contributed by atoms with Crippen LogP contribution in [-0.4, -0.2) is 18.2 Å². The van der Waals surface area contributed by atoms with Gasteiger partial charge >= 0.3 is 6.09 Å². The number of carbonyl (C=O) groups excluding carboxylic acids is 1. The highest BCUT2D eigenvalue weighted by atomic mass is 19.1. The van der Waals surface area contributed by atoms with Gasteiger partial charge in [-0.25, -0.2) is 9.18 Å². The molecule has 0 heterocycles. The number of amides is 1. The Balaban J connectivity index is 1.30. The van der Waals surface area contributed by atoms with Crippen LogP contribution >= 0.6 is 0 Å². The number of ether oxygens (including phenoxy) is 1. The smallest absolute Gasteiger partial charge is 0.407 e. The Morgan fingerprint density at radius 3 is 2.42 bits per heavy atom. The van der Waals surface area contributed by atoms with Gasteiger partial charge in [-0.1, -0.05) is 42.5 Å². The van der Waals surface area contributed by atoms with E-state index in [4.69, 9.17) is 4.74 Å². The molecule has 0 spiro atoms. The lowest BCUT2D eigenvalue weighted by Crippen LogP contribution is -2.52. The summed E-state index contributed by atoms with van der Waals surface area (Å²) in [6.45, 7) is 0.988. The summed E-state index contributed by atoms with van der Waals surface area (Å²) in [6.07, 6.45) is 1.38. The Labute approximate surface area is 141 Å². The molecule has 0 saturated heterocycles. The highest BCUT2D eigenvalue weighted by Gasteiger charge is 2.30. The second-order valence-corrected chi connectivity index (χ2v) is 6.08. The fourth-order valence-electron chi connectivity index (χ4n) is 2.70. The summed E-state index contributed by atoms with van der Waals surface area (Å²) in [5.41, 5.74) is 2.02. The maximum absolute atomic E-state index is 12.8. The van der Waals surface area contributed by atoms with Crippen molar-refractivity contribution in [3.63, 3.8) is 0 Å². The Morgan fingerprint density at radius 1 is 1.00 bits per heavy atom. The Bertz CT molecular complexity index is 655. The second kappa shape index (κ2) is 7.93. The minimum absolute atomic E-state index is 0.152. The van der Waals surface area contributed by atoms with Gasteiger partial charge in [0.2, 0.25) is 0 Å². The third-order valence-electron chi connectivity index (χ3n) is 4.18. The van der Waals surface area contributed by atoms with Crippen LogP contribution in [0, 0.1) is 5.82 Å². The fraction of sp³-hybridized carbons (Fsp3) is 0.316. The molecule has 1 aliphatic rings. The first kappa shape index (κ1) is 16.5. The number of carbonyl (C=O) groups is 1. The summed E-state index contributed by atoms with van der Waals surface area (Å²) >= 11 is 0. The highest BCUT2D eigenvalue weighted by Crippen LogP contribution is 2.20. The number of alkyl carbamates (subject to hydrolysis) is 1. The zero-order valence-electron chi connectivity index (χ0n) is 13.4. The molecule has 3 rings (SSSR count). The molecule has 0 aliphatic heterocycles. The summed E-state index contributed by atoms with van der Waals surface area (Å²) < 4.78 is 18.0. The van der Waals surface area contributed by atoms with Crippen LogP contribution in [0.5, 0.6) is 0 Å². The third kappa shape index (κ3) is 4.80. The first-order valence-electron chi connectivity index (χ1n) is 8.14. The van der Waals surface area contributed by atoms with Crippen molar-refractivity contribution in [1.82, 2.24) is 10.6 Å². The van der Waals surface area contributed by atoms with Gasteiger partial charge in [0.15, 0.2) is 0 Å². The normalized spacial score (nSPS) is 19.4. The molecule has 0 aromatic heterocycles. The molecule has 1 aliphatic carbocycles. The van der Waals surface area contributed by atoms with Crippen molar-refractivity contribution in [3.05, 3.63) is 71.5 Å². The molecule has 1 saturated carbocycles. The molecule has 1 fully saturated rings. The molecule has 1 amide bonds. The van der Waals surface area contributed by atoms with Crippen LogP contribution in [0.2, 0.25) is 0 Å². The summed E-state index contributed by atoms with van der Waals surface area (Å²) in [5, 5.41) is 6.27. The lowest BCUT2D eigenvalue weighted by molar-refractivity contribution is 0.125. The molecule has 5 heteroatoms. The zero-order valence-corrected chi connectivity index (χ0v) is 13.4. The van der Waals surface area contributed by atoms with E-state index in [2.05, 4.69) is 10.6 Å². The van der Waals surface area contributed by atoms with Gasteiger partial charge in [0.25, 0.3) is 0 Å². The molecule has 2 aromatic carbocycles. The molecule has 126 valence electrons. The quantitative estimate of drug-likeness (QED) is 0.855. The summed E-state index contributed by atoms with van der Waals surface area (Å²) in [5.74, 6) is -0.222. The standard InChI is InChI=1S/C19H21FN2O2/c20-16-8-6-14(7-9-16)12-21-17-10-18(11-17)22-19(23)24-13-15-4-2-1-3-5-15/h1-9,17-18,21H,10-13H2,(H,22,23). The van der Waals surface area contributed by atoms with Crippen molar-refractivity contribution >= 4 is 6.09 Å². The molecule has 24 heavy (non-hydrogen) atoms. The van der Waals surface area contributed by atoms with Crippen LogP contribution in [0.3, 0.4) is 0 Å². The van der Waals surface area contributed by atoms with Crippen molar-refractivity contribution in [3.8, 4) is 0 Å². The van der Waals surface area contributed by atoms with E-state index >= 15 is 0 Å². The van der Waals surface area contributed by atoms with Crippen molar-refractivity contribution in [2.24, 2.45) is 0 Å². The van der Waals surface area contributed by atoms with Gasteiger partial charge in [-0.3, -0.25) is 0 Å². The molecule has 2 N–H and O–H groups in total. The van der Waals surface area contributed by atoms with Gasteiger partial charge in [-0.15, -0.1) is 0 Å². The molecule has 2 aromatic rings. The molecule has 0 unspecified atom stereocenters. The van der Waals surface area contributed by atoms with Gasteiger partial charge in [0.05, 0.1) is 0 Å². The minimum atomic E-state index is -0.374. The molecular weight excluding hydrogens is 307 g/mol. The highest BCUT2D eigenvalue weighted by molar-refractivity contribution is 5.67. The van der Waals surface area contributed by atoms with Gasteiger partial charge in [0.1, 0.15) is 12.4 Å². The van der Waals surface area contributed by atoms with E-state index in [1.807, 2.05) is 30.3 Å². The zero-order chi connectivity index (χ0) is 16.8. The van der Waals surface area contributed by atoms with Gasteiger partial charge in [-0.2, -0.15) is 0 Å². The van der Waals surface area contributed by atoms with Crippen LogP contribution in [0.25, 0.3) is 0 Å². The maximum atomic E-state index is 12.8. The number of benzene rings is 2. The molecule has 0 radical (unpaired) electrons. The van der Waals surface area contributed by atoms with Crippen LogP contribution in [-0.2, 0) is 17.9 Å². The number of halogens is 1. The first-order valence-corrected chi connectivity index (χ1v) is 8.14. The first-order chi connectivity index (χ1) is 11.7. The minimum Gasteiger partial charge on any atom is -0.445 e. The van der Waals surface area contributed by atoms with E-state index in [1.165, 1.54) is 12.1 Å². The SMILES string of the molecule is O=C(NC1CC(NCc2ccc(F)cc2)C1)OCc1ccccc1. The van der Waals surface area contributed by atoms with Gasteiger partial charge in [-0.05, 0) is 36.1 Å². The van der Waals surface area contributed by atoms with E-state index in [1.54, 1.807) is 12.1 Å². The Kier molecular flexibility index (Phi) is 5.43. The van der Waals surface area contributed by atoms with E-state index in [9.17, 15) is 9.18 Å². The number of hydrogen-bond donors (Lipinski definition) is 2. The number of hydrogen-bond acceptors (Lipinski definition) is 3. The topological polar surface area (TPSA) is 50.4 Å². The molecule has 0 bridgehead atoms. The van der Waals surface area contributed by atoms with Crippen molar-refractivity contribution in [2.45, 2.75) is 38.1 Å². The predicted octanol–water partition coefficient (Wildman–Crippen LogP) is 3.37. The number of nitrogens with one attached hydrogen (secondary N) is 2. The van der Waals surface area contributed by atoms with Crippen molar-refractivity contribution in [1.29, 1.82) is 0 Å². The summed E-state index contributed by atoms with van der Waals surface area (Å²) in [6, 6.07) is 16.6. The van der Waals surface area contributed by atoms with Crippen molar-refractivity contribution in [2.75, 3.05) is 0 Å². The van der Waals surface area contributed by atoms with Gasteiger partial charge < -0.3 is 15.4 Å². The average molecular weight is 328 g/mol. The number of rotatable bonds is 6. The monoisotopic (exact) mass is 328 g/mol. The van der Waals surface area contributed by atoms with Crippen LogP contribution in [0.15, 0.2) is 54.6 Å². The van der Waals surface area contributed by atoms with E-state index in [0.717, 1.165) is 24.0 Å². The van der Waals surface area contributed by atoms with E-state index in [0.29, 0.717) is 12.6 Å². The Hall–Kier alpha value is -2.40. The summed E-state index contributed by atoms with van der Waals surface area (Å²) in [4.78, 5) is 11.7. The lowest BCUT2D eigenvalue weighted by Gasteiger charge is -2.36. The van der Waals surface area contributed by atoms with Gasteiger partial charge in [0, 0.05) is 18.6 Å². The van der Waals surface area contributed by atoms with Crippen LogP contribution in [0.4, 0.5) is 9.18 Å². The largest absolute Gasteiger partial charge is 0.445 e.